The number of halogens is 4. The third-order valence-corrected chi connectivity index (χ3v) is 2.73. The minimum Gasteiger partial charge on any atom is -0.274 e. The summed E-state index contributed by atoms with van der Waals surface area (Å²) in [6.07, 6.45) is -4.78. The number of hydrogen-bond donors (Lipinski definition) is 0. The van der Waals surface area contributed by atoms with E-state index in [-0.39, 0.29) is 25.9 Å². The lowest BCUT2D eigenvalue weighted by Gasteiger charge is -2.34. The second-order valence-corrected chi connectivity index (χ2v) is 3.69. The summed E-state index contributed by atoms with van der Waals surface area (Å²) in [6.45, 7) is 2.14. The molecule has 0 bridgehead atoms. The normalized spacial score (nSPS) is 23.8. The van der Waals surface area contributed by atoms with Crippen LogP contribution in [0.1, 0.15) is 26.2 Å². The molecule has 1 aliphatic heterocycles. The first-order valence-electron chi connectivity index (χ1n) is 4.90. The molecule has 0 saturated carbocycles. The molecule has 1 heterocycles. The van der Waals surface area contributed by atoms with Crippen molar-refractivity contribution in [2.75, 3.05) is 13.1 Å². The number of hydrogen-bond acceptors (Lipinski definition) is 1. The van der Waals surface area contributed by atoms with E-state index in [4.69, 9.17) is 0 Å². The van der Waals surface area contributed by atoms with Crippen LogP contribution in [0.3, 0.4) is 0 Å². The maximum atomic E-state index is 13.1. The zero-order valence-electron chi connectivity index (χ0n) is 8.15. The molecule has 0 N–H and O–H groups in total. The fourth-order valence-electron chi connectivity index (χ4n) is 1.77. The van der Waals surface area contributed by atoms with Crippen LogP contribution in [-0.4, -0.2) is 30.5 Å². The van der Waals surface area contributed by atoms with Crippen molar-refractivity contribution in [2.24, 2.45) is 5.92 Å². The summed E-state index contributed by atoms with van der Waals surface area (Å²) in [7, 11) is 0. The van der Waals surface area contributed by atoms with Gasteiger partial charge in [-0.2, -0.15) is 13.2 Å². The van der Waals surface area contributed by atoms with Gasteiger partial charge in [0.1, 0.15) is 0 Å². The first-order valence-corrected chi connectivity index (χ1v) is 4.90. The standard InChI is InChI=1S/C9H15F4N/c1-2-8(10)14-5-3-7(4-6-14)9(11,12)13/h7-8H,2-6H2,1H3. The Kier molecular flexibility index (Phi) is 3.75. The molecule has 0 radical (unpaired) electrons. The van der Waals surface area contributed by atoms with Gasteiger partial charge in [0.25, 0.3) is 0 Å². The van der Waals surface area contributed by atoms with Crippen LogP contribution < -0.4 is 0 Å². The van der Waals surface area contributed by atoms with E-state index in [0.29, 0.717) is 6.42 Å². The van der Waals surface area contributed by atoms with Crippen molar-refractivity contribution < 1.29 is 17.6 Å². The van der Waals surface area contributed by atoms with Gasteiger partial charge in [-0.3, -0.25) is 4.90 Å². The second-order valence-electron chi connectivity index (χ2n) is 3.69. The molecule has 14 heavy (non-hydrogen) atoms. The van der Waals surface area contributed by atoms with E-state index in [2.05, 4.69) is 0 Å². The lowest BCUT2D eigenvalue weighted by Crippen LogP contribution is -2.42. The topological polar surface area (TPSA) is 3.24 Å². The molecule has 1 rings (SSSR count). The van der Waals surface area contributed by atoms with Gasteiger partial charge >= 0.3 is 6.18 Å². The van der Waals surface area contributed by atoms with E-state index in [1.807, 2.05) is 0 Å². The Labute approximate surface area is 81.1 Å². The Morgan fingerprint density at radius 2 is 1.79 bits per heavy atom. The van der Waals surface area contributed by atoms with Crippen molar-refractivity contribution in [3.05, 3.63) is 0 Å². The molecule has 1 fully saturated rings. The Morgan fingerprint density at radius 3 is 2.14 bits per heavy atom. The van der Waals surface area contributed by atoms with Crippen molar-refractivity contribution in [1.82, 2.24) is 4.90 Å². The fraction of sp³-hybridized carbons (Fsp3) is 1.00. The summed E-state index contributed by atoms with van der Waals surface area (Å²) in [5.41, 5.74) is 0. The number of nitrogens with zero attached hydrogens (tertiary/aromatic N) is 1. The largest absolute Gasteiger partial charge is 0.391 e. The highest BCUT2D eigenvalue weighted by molar-refractivity contribution is 4.77. The minimum atomic E-state index is -4.11. The van der Waals surface area contributed by atoms with Gasteiger partial charge in [0.2, 0.25) is 0 Å². The lowest BCUT2D eigenvalue weighted by atomic mass is 9.96. The number of rotatable bonds is 2. The van der Waals surface area contributed by atoms with Crippen LogP contribution >= 0.6 is 0 Å². The van der Waals surface area contributed by atoms with Crippen LogP contribution in [0.4, 0.5) is 17.6 Å². The molecule has 0 aliphatic carbocycles. The van der Waals surface area contributed by atoms with Gasteiger partial charge in [-0.25, -0.2) is 4.39 Å². The SMILES string of the molecule is CCC(F)N1CCC(C(F)(F)F)CC1. The maximum absolute atomic E-state index is 13.1. The molecule has 1 nitrogen and oxygen atoms in total. The third-order valence-electron chi connectivity index (χ3n) is 2.73. The highest BCUT2D eigenvalue weighted by Gasteiger charge is 2.41. The van der Waals surface area contributed by atoms with Crippen molar-refractivity contribution >= 4 is 0 Å². The van der Waals surface area contributed by atoms with Crippen LogP contribution in [-0.2, 0) is 0 Å². The minimum absolute atomic E-state index is 0.0317. The molecule has 84 valence electrons. The highest BCUT2D eigenvalue weighted by atomic mass is 19.4. The summed E-state index contributed by atoms with van der Waals surface area (Å²) in [5, 5.41) is 0. The molecule has 0 aromatic carbocycles. The number of likely N-dealkylation sites (tertiary alicyclic amines) is 1. The summed E-state index contributed by atoms with van der Waals surface area (Å²) < 4.78 is 49.8. The van der Waals surface area contributed by atoms with Crippen LogP contribution in [0.25, 0.3) is 0 Å². The molecule has 5 heteroatoms. The van der Waals surface area contributed by atoms with E-state index in [9.17, 15) is 17.6 Å². The molecule has 0 aromatic rings. The van der Waals surface area contributed by atoms with Gasteiger partial charge < -0.3 is 0 Å². The van der Waals surface area contributed by atoms with Gasteiger partial charge in [-0.15, -0.1) is 0 Å². The average molecular weight is 213 g/mol. The predicted molar refractivity (Wildman–Crippen MR) is 45.5 cm³/mol. The number of alkyl halides is 4. The van der Waals surface area contributed by atoms with E-state index < -0.39 is 18.4 Å². The van der Waals surface area contributed by atoms with Crippen molar-refractivity contribution in [3.8, 4) is 0 Å². The first kappa shape index (κ1) is 11.8. The summed E-state index contributed by atoms with van der Waals surface area (Å²) in [6, 6.07) is 0. The van der Waals surface area contributed by atoms with Gasteiger partial charge in [-0.1, -0.05) is 6.92 Å². The molecule has 0 spiro atoms. The Hall–Kier alpha value is -0.320. The van der Waals surface area contributed by atoms with Crippen molar-refractivity contribution in [2.45, 2.75) is 38.7 Å². The van der Waals surface area contributed by atoms with E-state index in [1.165, 1.54) is 4.90 Å². The molecule has 1 saturated heterocycles. The predicted octanol–water partition coefficient (Wildman–Crippen LogP) is 2.97. The van der Waals surface area contributed by atoms with Gasteiger partial charge in [0, 0.05) is 13.1 Å². The molecular weight excluding hydrogens is 198 g/mol. The van der Waals surface area contributed by atoms with Gasteiger partial charge in [0.15, 0.2) is 6.30 Å². The molecule has 0 amide bonds. The van der Waals surface area contributed by atoms with Crippen LogP contribution in [0.2, 0.25) is 0 Å². The summed E-state index contributed by atoms with van der Waals surface area (Å²) in [5.74, 6) is -1.23. The fourth-order valence-corrected chi connectivity index (χ4v) is 1.77. The first-order chi connectivity index (χ1) is 6.45. The van der Waals surface area contributed by atoms with E-state index in [0.717, 1.165) is 0 Å². The molecule has 1 aliphatic rings. The van der Waals surface area contributed by atoms with E-state index in [1.54, 1.807) is 6.92 Å². The summed E-state index contributed by atoms with van der Waals surface area (Å²) >= 11 is 0. The van der Waals surface area contributed by atoms with Gasteiger partial charge in [-0.05, 0) is 19.3 Å². The quantitative estimate of drug-likeness (QED) is 0.503. The molecular formula is C9H15F4N. The second kappa shape index (κ2) is 4.47. The maximum Gasteiger partial charge on any atom is 0.391 e. The number of piperidine rings is 1. The van der Waals surface area contributed by atoms with Crippen molar-refractivity contribution in [1.29, 1.82) is 0 Å². The monoisotopic (exact) mass is 213 g/mol. The molecule has 1 unspecified atom stereocenters. The Bertz CT molecular complexity index is 172. The van der Waals surface area contributed by atoms with Gasteiger partial charge in [0.05, 0.1) is 5.92 Å². The zero-order valence-corrected chi connectivity index (χ0v) is 8.15. The lowest BCUT2D eigenvalue weighted by molar-refractivity contribution is -0.187. The third kappa shape index (κ3) is 2.83. The van der Waals surface area contributed by atoms with Crippen LogP contribution in [0, 0.1) is 5.92 Å². The molecule has 1 atom stereocenters. The van der Waals surface area contributed by atoms with E-state index >= 15 is 0 Å². The molecule has 0 aromatic heterocycles. The zero-order chi connectivity index (χ0) is 10.8. The van der Waals surface area contributed by atoms with Crippen LogP contribution in [0.15, 0.2) is 0 Å². The smallest absolute Gasteiger partial charge is 0.274 e. The Balaban J connectivity index is 2.39. The highest BCUT2D eigenvalue weighted by Crippen LogP contribution is 2.34. The Morgan fingerprint density at radius 1 is 1.29 bits per heavy atom. The average Bonchev–Trinajstić information content (AvgIpc) is 2.15. The summed E-state index contributed by atoms with van der Waals surface area (Å²) in [4.78, 5) is 1.49. The van der Waals surface area contributed by atoms with Crippen LogP contribution in [0.5, 0.6) is 0 Å². The van der Waals surface area contributed by atoms with Crippen molar-refractivity contribution in [3.63, 3.8) is 0 Å².